The summed E-state index contributed by atoms with van der Waals surface area (Å²) in [5.74, 6) is 0.191. The van der Waals surface area contributed by atoms with Gasteiger partial charge in [0.15, 0.2) is 0 Å². The highest BCUT2D eigenvalue weighted by Crippen LogP contribution is 2.23. The van der Waals surface area contributed by atoms with E-state index in [0.29, 0.717) is 24.9 Å². The van der Waals surface area contributed by atoms with E-state index in [9.17, 15) is 18.3 Å². The normalized spacial score (nSPS) is 16.8. The summed E-state index contributed by atoms with van der Waals surface area (Å²) in [6, 6.07) is 12.8. The zero-order valence-corrected chi connectivity index (χ0v) is 17.1. The van der Waals surface area contributed by atoms with E-state index < -0.39 is 16.1 Å². The lowest BCUT2D eigenvalue weighted by atomic mass is 10.1. The average Bonchev–Trinajstić information content (AvgIpc) is 2.97. The van der Waals surface area contributed by atoms with Crippen LogP contribution < -0.4 is 10.0 Å². The Labute approximate surface area is 170 Å². The number of carbonyl (C=O) groups is 1. The molecule has 1 unspecified atom stereocenters. The third-order valence-electron chi connectivity index (χ3n) is 4.73. The molecule has 0 aliphatic carbocycles. The Morgan fingerprint density at radius 2 is 1.90 bits per heavy atom. The molecule has 0 aromatic heterocycles. The maximum Gasteiger partial charge on any atom is 0.263 e. The van der Waals surface area contributed by atoms with Crippen molar-refractivity contribution in [3.8, 4) is 5.75 Å². The number of nitrogens with zero attached hydrogens (tertiary/aromatic N) is 1. The quantitative estimate of drug-likeness (QED) is 0.615. The molecule has 7 nitrogen and oxygen atoms in total. The van der Waals surface area contributed by atoms with Crippen molar-refractivity contribution >= 4 is 21.8 Å². The fourth-order valence-electron chi connectivity index (χ4n) is 3.15. The van der Waals surface area contributed by atoms with Crippen LogP contribution in [0.2, 0.25) is 0 Å². The van der Waals surface area contributed by atoms with Gasteiger partial charge in [-0.25, -0.2) is 8.42 Å². The standard InChI is InChI=1S/C21H25N3O4S/c1-2-3-7-18(21(26)22-14-13-15-9-11-16(25)12-10-15)23-20-17-6-4-5-8-19(17)29(27,28)24-20/h4-6,8-12,18,25H,2-3,7,13-14H2,1H3,(H,22,26)(H,23,24). The first-order chi connectivity index (χ1) is 13.9. The number of carbonyl (C=O) groups excluding carboxylic acids is 1. The number of rotatable bonds is 8. The molecule has 29 heavy (non-hydrogen) atoms. The van der Waals surface area contributed by atoms with E-state index in [0.717, 1.165) is 18.4 Å². The number of amidine groups is 1. The Kier molecular flexibility index (Phi) is 6.53. The first-order valence-electron chi connectivity index (χ1n) is 9.66. The minimum absolute atomic E-state index is 0.181. The predicted octanol–water partition coefficient (Wildman–Crippen LogP) is 2.35. The molecule has 2 aromatic carbocycles. The molecule has 0 spiro atoms. The monoisotopic (exact) mass is 415 g/mol. The van der Waals surface area contributed by atoms with Crippen molar-refractivity contribution in [2.45, 2.75) is 43.5 Å². The van der Waals surface area contributed by atoms with Crippen LogP contribution in [-0.2, 0) is 21.2 Å². The summed E-state index contributed by atoms with van der Waals surface area (Å²) < 4.78 is 27.0. The van der Waals surface area contributed by atoms with E-state index in [1.54, 1.807) is 42.5 Å². The molecular formula is C21H25N3O4S. The van der Waals surface area contributed by atoms with Crippen LogP contribution in [-0.4, -0.2) is 37.9 Å². The van der Waals surface area contributed by atoms with Gasteiger partial charge < -0.3 is 10.4 Å². The van der Waals surface area contributed by atoms with Crippen LogP contribution in [0.4, 0.5) is 0 Å². The molecule has 0 saturated carbocycles. The average molecular weight is 416 g/mol. The maximum atomic E-state index is 12.7. The first-order valence-corrected chi connectivity index (χ1v) is 11.1. The van der Waals surface area contributed by atoms with Gasteiger partial charge in [0.25, 0.3) is 10.0 Å². The Hall–Kier alpha value is -2.87. The molecule has 0 saturated heterocycles. The number of hydrogen-bond acceptors (Lipinski definition) is 5. The molecule has 3 rings (SSSR count). The Balaban J connectivity index is 1.71. The van der Waals surface area contributed by atoms with E-state index in [1.165, 1.54) is 6.07 Å². The van der Waals surface area contributed by atoms with Gasteiger partial charge in [0.2, 0.25) is 5.91 Å². The molecule has 1 aliphatic heterocycles. The summed E-state index contributed by atoms with van der Waals surface area (Å²) in [5, 5.41) is 12.2. The molecular weight excluding hydrogens is 390 g/mol. The van der Waals surface area contributed by atoms with Crippen molar-refractivity contribution in [2.24, 2.45) is 4.99 Å². The highest BCUT2D eigenvalue weighted by atomic mass is 32.2. The summed E-state index contributed by atoms with van der Waals surface area (Å²) in [5.41, 5.74) is 1.49. The molecule has 2 aromatic rings. The minimum atomic E-state index is -3.64. The van der Waals surface area contributed by atoms with Gasteiger partial charge in [0.05, 0.1) is 4.90 Å². The number of fused-ring (bicyclic) bond motifs is 1. The Morgan fingerprint density at radius 3 is 2.62 bits per heavy atom. The molecule has 3 N–H and O–H groups in total. The SMILES string of the molecule is CCCCC(N=C1NS(=O)(=O)c2ccccc21)C(=O)NCCc1ccc(O)cc1. The highest BCUT2D eigenvalue weighted by Gasteiger charge is 2.31. The second-order valence-electron chi connectivity index (χ2n) is 6.94. The van der Waals surface area contributed by atoms with Gasteiger partial charge in [-0.2, -0.15) is 0 Å². The fraction of sp³-hybridized carbons (Fsp3) is 0.333. The Morgan fingerprint density at radius 1 is 1.17 bits per heavy atom. The Bertz CT molecular complexity index is 1000. The van der Waals surface area contributed by atoms with Crippen LogP contribution in [0.3, 0.4) is 0 Å². The lowest BCUT2D eigenvalue weighted by molar-refractivity contribution is -0.122. The zero-order chi connectivity index (χ0) is 20.9. The highest BCUT2D eigenvalue weighted by molar-refractivity contribution is 7.90. The van der Waals surface area contributed by atoms with Gasteiger partial charge in [0, 0.05) is 12.1 Å². The molecule has 0 bridgehead atoms. The van der Waals surface area contributed by atoms with E-state index in [4.69, 9.17) is 0 Å². The molecule has 1 aliphatic rings. The number of amides is 1. The topological polar surface area (TPSA) is 108 Å². The maximum absolute atomic E-state index is 12.7. The van der Waals surface area contributed by atoms with Gasteiger partial charge in [0.1, 0.15) is 17.6 Å². The summed E-state index contributed by atoms with van der Waals surface area (Å²) in [7, 11) is -3.64. The van der Waals surface area contributed by atoms with Crippen molar-refractivity contribution in [2.75, 3.05) is 6.54 Å². The summed E-state index contributed by atoms with van der Waals surface area (Å²) in [4.78, 5) is 17.4. The number of benzene rings is 2. The van der Waals surface area contributed by atoms with Crippen molar-refractivity contribution < 1.29 is 18.3 Å². The number of phenolic OH excluding ortho intramolecular Hbond substituents is 1. The largest absolute Gasteiger partial charge is 0.508 e. The van der Waals surface area contributed by atoms with Gasteiger partial charge in [-0.15, -0.1) is 0 Å². The van der Waals surface area contributed by atoms with Crippen LogP contribution in [0.15, 0.2) is 58.4 Å². The second kappa shape index (κ2) is 9.09. The second-order valence-corrected chi connectivity index (χ2v) is 8.60. The van der Waals surface area contributed by atoms with Crippen LogP contribution in [0.1, 0.15) is 37.3 Å². The van der Waals surface area contributed by atoms with Crippen LogP contribution in [0.25, 0.3) is 0 Å². The van der Waals surface area contributed by atoms with Crippen molar-refractivity contribution in [1.29, 1.82) is 0 Å². The van der Waals surface area contributed by atoms with E-state index in [-0.39, 0.29) is 22.4 Å². The molecule has 1 heterocycles. The number of aliphatic imine (C=N–C) groups is 1. The lowest BCUT2D eigenvalue weighted by Gasteiger charge is -2.14. The van der Waals surface area contributed by atoms with Gasteiger partial charge in [-0.05, 0) is 42.7 Å². The number of hydrogen-bond donors (Lipinski definition) is 3. The van der Waals surface area contributed by atoms with Gasteiger partial charge in [-0.3, -0.25) is 14.5 Å². The lowest BCUT2D eigenvalue weighted by Crippen LogP contribution is -2.36. The molecule has 1 atom stereocenters. The summed E-state index contributed by atoms with van der Waals surface area (Å²) >= 11 is 0. The number of unbranched alkanes of at least 4 members (excludes halogenated alkanes) is 1. The van der Waals surface area contributed by atoms with Crippen molar-refractivity contribution in [3.63, 3.8) is 0 Å². The molecule has 1 amide bonds. The number of aromatic hydroxyl groups is 1. The molecule has 0 fully saturated rings. The summed E-state index contributed by atoms with van der Waals surface area (Å²) in [6.45, 7) is 2.46. The van der Waals surface area contributed by atoms with Gasteiger partial charge in [-0.1, -0.05) is 44.0 Å². The van der Waals surface area contributed by atoms with E-state index in [2.05, 4.69) is 15.0 Å². The third kappa shape index (κ3) is 5.14. The van der Waals surface area contributed by atoms with Crippen LogP contribution in [0, 0.1) is 0 Å². The van der Waals surface area contributed by atoms with Crippen molar-refractivity contribution in [1.82, 2.24) is 10.0 Å². The first kappa shape index (κ1) is 20.9. The fourth-order valence-corrected chi connectivity index (χ4v) is 4.39. The zero-order valence-electron chi connectivity index (χ0n) is 16.3. The molecule has 8 heteroatoms. The van der Waals surface area contributed by atoms with Crippen LogP contribution >= 0.6 is 0 Å². The molecule has 0 radical (unpaired) electrons. The smallest absolute Gasteiger partial charge is 0.263 e. The molecule has 154 valence electrons. The number of phenols is 1. The van der Waals surface area contributed by atoms with Crippen molar-refractivity contribution in [3.05, 3.63) is 59.7 Å². The number of sulfonamides is 1. The van der Waals surface area contributed by atoms with Gasteiger partial charge >= 0.3 is 0 Å². The predicted molar refractivity (Wildman–Crippen MR) is 111 cm³/mol. The minimum Gasteiger partial charge on any atom is -0.508 e. The number of nitrogens with one attached hydrogen (secondary N) is 2. The van der Waals surface area contributed by atoms with E-state index >= 15 is 0 Å². The third-order valence-corrected chi connectivity index (χ3v) is 6.13. The van der Waals surface area contributed by atoms with Crippen LogP contribution in [0.5, 0.6) is 5.75 Å². The van der Waals surface area contributed by atoms with E-state index in [1.807, 2.05) is 6.92 Å². The summed E-state index contributed by atoms with van der Waals surface area (Å²) in [6.07, 6.45) is 2.87.